The molecule has 1 saturated carbocycles. The van der Waals surface area contributed by atoms with Gasteiger partial charge >= 0.3 is 0 Å². The average molecular weight is 318 g/mol. The molecule has 0 bridgehead atoms. The number of amidine groups is 1. The summed E-state index contributed by atoms with van der Waals surface area (Å²) in [5.74, 6) is -0.0815. The molecule has 1 fully saturated rings. The fourth-order valence-electron chi connectivity index (χ4n) is 2.44. The second kappa shape index (κ2) is 5.66. The molecule has 0 radical (unpaired) electrons. The van der Waals surface area contributed by atoms with Crippen LogP contribution in [0.3, 0.4) is 0 Å². The van der Waals surface area contributed by atoms with Gasteiger partial charge in [-0.2, -0.15) is 4.72 Å². The Kier molecular flexibility index (Phi) is 4.31. The van der Waals surface area contributed by atoms with Crippen LogP contribution in [-0.2, 0) is 10.0 Å². The predicted octanol–water partition coefficient (Wildman–Crippen LogP) is 1.18. The molecule has 1 aromatic rings. The zero-order chi connectivity index (χ0) is 14.8. The number of nitrogens with zero attached hydrogens (tertiary/aromatic N) is 2. The highest BCUT2D eigenvalue weighted by molar-refractivity contribution is 7.91. The largest absolute Gasteiger partial charge is 0.409 e. The Morgan fingerprint density at radius 2 is 2.15 bits per heavy atom. The fraction of sp³-hybridized carbons (Fsp3) is 0.636. The van der Waals surface area contributed by atoms with Crippen LogP contribution in [0.4, 0.5) is 0 Å². The normalized spacial score (nSPS) is 19.9. The first kappa shape index (κ1) is 15.2. The van der Waals surface area contributed by atoms with Crippen LogP contribution in [0.15, 0.2) is 15.6 Å². The molecule has 20 heavy (non-hydrogen) atoms. The minimum Gasteiger partial charge on any atom is -0.409 e. The number of hydrogen-bond donors (Lipinski definition) is 3. The van der Waals surface area contributed by atoms with E-state index in [2.05, 4.69) is 14.9 Å². The molecule has 0 aromatic carbocycles. The maximum Gasteiger partial charge on any atom is 0.252 e. The lowest BCUT2D eigenvalue weighted by molar-refractivity contribution is 0.294. The van der Waals surface area contributed by atoms with E-state index in [1.807, 2.05) is 0 Å². The summed E-state index contributed by atoms with van der Waals surface area (Å²) in [4.78, 5) is 3.95. The lowest BCUT2D eigenvalue weighted by Crippen LogP contribution is -2.58. The summed E-state index contributed by atoms with van der Waals surface area (Å²) in [7, 11) is -3.72. The van der Waals surface area contributed by atoms with Gasteiger partial charge in [-0.3, -0.25) is 0 Å². The van der Waals surface area contributed by atoms with Gasteiger partial charge in [0.1, 0.15) is 0 Å². The van der Waals surface area contributed by atoms with Gasteiger partial charge in [-0.25, -0.2) is 13.4 Å². The van der Waals surface area contributed by atoms with E-state index in [4.69, 9.17) is 10.9 Å². The van der Waals surface area contributed by atoms with E-state index < -0.39 is 15.6 Å². The lowest BCUT2D eigenvalue weighted by atomic mass is 9.82. The minimum atomic E-state index is -3.72. The molecule has 1 heterocycles. The Balaban J connectivity index is 2.32. The summed E-state index contributed by atoms with van der Waals surface area (Å²) < 4.78 is 27.6. The van der Waals surface area contributed by atoms with Crippen LogP contribution >= 0.6 is 11.3 Å². The van der Waals surface area contributed by atoms with Gasteiger partial charge < -0.3 is 10.9 Å². The van der Waals surface area contributed by atoms with Gasteiger partial charge in [-0.05, 0) is 19.8 Å². The van der Waals surface area contributed by atoms with E-state index in [1.54, 1.807) is 6.92 Å². The molecule has 4 N–H and O–H groups in total. The number of oxime groups is 1. The van der Waals surface area contributed by atoms with E-state index in [1.165, 1.54) is 6.20 Å². The predicted molar refractivity (Wildman–Crippen MR) is 76.4 cm³/mol. The first-order valence-electron chi connectivity index (χ1n) is 6.34. The summed E-state index contributed by atoms with van der Waals surface area (Å²) in [6, 6.07) is 0. The third-order valence-electron chi connectivity index (χ3n) is 3.50. The zero-order valence-corrected chi connectivity index (χ0v) is 12.8. The number of thiazole rings is 1. The van der Waals surface area contributed by atoms with Crippen molar-refractivity contribution >= 4 is 27.2 Å². The number of aromatic nitrogens is 1. The highest BCUT2D eigenvalue weighted by atomic mass is 32.2. The quantitative estimate of drug-likeness (QED) is 0.333. The first-order chi connectivity index (χ1) is 9.39. The Morgan fingerprint density at radius 3 is 2.65 bits per heavy atom. The second-order valence-electron chi connectivity index (χ2n) is 4.93. The van der Waals surface area contributed by atoms with Crippen LogP contribution in [0.2, 0.25) is 0 Å². The van der Waals surface area contributed by atoms with Crippen LogP contribution in [-0.4, -0.2) is 30.0 Å². The molecule has 0 amide bonds. The first-order valence-corrected chi connectivity index (χ1v) is 8.64. The molecule has 0 atom stereocenters. The summed E-state index contributed by atoms with van der Waals surface area (Å²) in [5.41, 5.74) is 4.74. The van der Waals surface area contributed by atoms with Gasteiger partial charge in [0.2, 0.25) is 0 Å². The van der Waals surface area contributed by atoms with Gasteiger partial charge in [0.25, 0.3) is 10.0 Å². The van der Waals surface area contributed by atoms with Gasteiger partial charge in [-0.15, -0.1) is 11.3 Å². The molecule has 1 aliphatic carbocycles. The van der Waals surface area contributed by atoms with E-state index in [9.17, 15) is 8.42 Å². The second-order valence-corrected chi connectivity index (χ2v) is 8.08. The van der Waals surface area contributed by atoms with Crippen molar-refractivity contribution in [3.8, 4) is 0 Å². The van der Waals surface area contributed by atoms with Crippen LogP contribution in [0, 0.1) is 6.92 Å². The molecule has 2 rings (SSSR count). The number of nitrogens with one attached hydrogen (secondary N) is 1. The van der Waals surface area contributed by atoms with Gasteiger partial charge in [0.05, 0.1) is 16.7 Å². The molecule has 0 saturated heterocycles. The Labute approximate surface area is 121 Å². The average Bonchev–Trinajstić information content (AvgIpc) is 2.86. The maximum atomic E-state index is 12.4. The number of sulfonamides is 1. The molecule has 0 spiro atoms. The maximum absolute atomic E-state index is 12.4. The Bertz CT molecular complexity index is 603. The van der Waals surface area contributed by atoms with Crippen molar-refractivity contribution in [2.45, 2.75) is 48.8 Å². The van der Waals surface area contributed by atoms with E-state index in [-0.39, 0.29) is 10.0 Å². The number of rotatable bonds is 4. The molecular formula is C11H18N4O3S2. The molecule has 0 aliphatic heterocycles. The Hall–Kier alpha value is -1.19. The SMILES string of the molecule is Cc1ncc(S(=O)(=O)NC2(/C(N)=N/O)CCCCC2)s1. The number of nitrogens with two attached hydrogens (primary N) is 1. The number of hydrogen-bond acceptors (Lipinski definition) is 6. The van der Waals surface area contributed by atoms with Crippen molar-refractivity contribution < 1.29 is 13.6 Å². The molecule has 9 heteroatoms. The van der Waals surface area contributed by atoms with E-state index >= 15 is 0 Å². The van der Waals surface area contributed by atoms with Crippen molar-refractivity contribution in [3.05, 3.63) is 11.2 Å². The summed E-state index contributed by atoms with van der Waals surface area (Å²) >= 11 is 1.10. The molecule has 7 nitrogen and oxygen atoms in total. The monoisotopic (exact) mass is 318 g/mol. The van der Waals surface area contributed by atoms with Crippen molar-refractivity contribution in [3.63, 3.8) is 0 Å². The van der Waals surface area contributed by atoms with Crippen molar-refractivity contribution in [2.24, 2.45) is 10.9 Å². The van der Waals surface area contributed by atoms with Gasteiger partial charge in [0, 0.05) is 0 Å². The molecule has 1 aromatic heterocycles. The highest BCUT2D eigenvalue weighted by Crippen LogP contribution is 2.31. The van der Waals surface area contributed by atoms with E-state index in [0.717, 1.165) is 30.6 Å². The topological polar surface area (TPSA) is 118 Å². The Morgan fingerprint density at radius 1 is 1.50 bits per heavy atom. The van der Waals surface area contributed by atoms with E-state index in [0.29, 0.717) is 17.8 Å². The third-order valence-corrected chi connectivity index (χ3v) is 6.41. The van der Waals surface area contributed by atoms with Gasteiger partial charge in [-0.1, -0.05) is 24.4 Å². The lowest BCUT2D eigenvalue weighted by Gasteiger charge is -2.36. The molecule has 112 valence electrons. The van der Waals surface area contributed by atoms with Crippen molar-refractivity contribution in [1.82, 2.24) is 9.71 Å². The van der Waals surface area contributed by atoms with Gasteiger partial charge in [0.15, 0.2) is 10.0 Å². The standard InChI is InChI=1S/C11H18N4O3S2/c1-8-13-7-9(19-8)20(17,18)15-11(10(12)14-16)5-3-2-4-6-11/h7,15-16H,2-6H2,1H3,(H2,12,14). The number of aryl methyl sites for hydroxylation is 1. The smallest absolute Gasteiger partial charge is 0.252 e. The fourth-order valence-corrected chi connectivity index (χ4v) is 4.98. The minimum absolute atomic E-state index is 0.0815. The third kappa shape index (κ3) is 2.94. The zero-order valence-electron chi connectivity index (χ0n) is 11.2. The molecule has 0 unspecified atom stereocenters. The molecule has 1 aliphatic rings. The van der Waals surface area contributed by atoms with Crippen LogP contribution in [0.25, 0.3) is 0 Å². The van der Waals surface area contributed by atoms with Crippen LogP contribution < -0.4 is 10.5 Å². The van der Waals surface area contributed by atoms with Crippen LogP contribution in [0.1, 0.15) is 37.1 Å². The van der Waals surface area contributed by atoms with Crippen LogP contribution in [0.5, 0.6) is 0 Å². The summed E-state index contributed by atoms with van der Waals surface area (Å²) in [5, 5.41) is 12.6. The summed E-state index contributed by atoms with van der Waals surface area (Å²) in [6.45, 7) is 1.74. The van der Waals surface area contributed by atoms with Crippen molar-refractivity contribution in [2.75, 3.05) is 0 Å². The summed E-state index contributed by atoms with van der Waals surface area (Å²) in [6.07, 6.45) is 5.06. The molecular weight excluding hydrogens is 300 g/mol. The highest BCUT2D eigenvalue weighted by Gasteiger charge is 2.41. The van der Waals surface area contributed by atoms with Crippen molar-refractivity contribution in [1.29, 1.82) is 0 Å².